The van der Waals surface area contributed by atoms with E-state index < -0.39 is 0 Å². The van der Waals surface area contributed by atoms with E-state index in [0.29, 0.717) is 5.92 Å². The lowest BCUT2D eigenvalue weighted by molar-refractivity contribution is 0.168. The second kappa shape index (κ2) is 6.14. The minimum Gasteiger partial charge on any atom is -0.379 e. The number of ether oxygens (including phenoxy) is 1. The van der Waals surface area contributed by atoms with Crippen molar-refractivity contribution in [3.63, 3.8) is 0 Å². The van der Waals surface area contributed by atoms with Gasteiger partial charge in [0.25, 0.3) is 0 Å². The van der Waals surface area contributed by atoms with E-state index in [4.69, 9.17) is 10.5 Å². The van der Waals surface area contributed by atoms with E-state index in [-0.39, 0.29) is 6.04 Å². The largest absolute Gasteiger partial charge is 0.379 e. The Labute approximate surface area is 105 Å². The summed E-state index contributed by atoms with van der Waals surface area (Å²) in [4.78, 5) is 5.15. The minimum atomic E-state index is 0.252. The zero-order valence-electron chi connectivity index (χ0n) is 11.3. The first kappa shape index (κ1) is 13.3. The van der Waals surface area contributed by atoms with Crippen LogP contribution in [0.1, 0.15) is 20.3 Å². The molecule has 2 fully saturated rings. The zero-order valence-corrected chi connectivity index (χ0v) is 11.3. The van der Waals surface area contributed by atoms with Crippen molar-refractivity contribution in [2.75, 3.05) is 45.9 Å². The van der Waals surface area contributed by atoms with Gasteiger partial charge in [0, 0.05) is 31.1 Å². The summed E-state index contributed by atoms with van der Waals surface area (Å²) in [6, 6.07) is 1.01. The monoisotopic (exact) mass is 241 g/mol. The first-order chi connectivity index (χ1) is 8.24. The summed E-state index contributed by atoms with van der Waals surface area (Å²) < 4.78 is 5.43. The van der Waals surface area contributed by atoms with Gasteiger partial charge in [0.2, 0.25) is 0 Å². The van der Waals surface area contributed by atoms with Gasteiger partial charge >= 0.3 is 0 Å². The van der Waals surface area contributed by atoms with Gasteiger partial charge < -0.3 is 15.4 Å². The van der Waals surface area contributed by atoms with Crippen molar-refractivity contribution in [1.82, 2.24) is 9.80 Å². The highest BCUT2D eigenvalue weighted by Crippen LogP contribution is 2.19. The molecule has 2 rings (SSSR count). The highest BCUT2D eigenvalue weighted by molar-refractivity contribution is 4.87. The molecule has 3 atom stereocenters. The van der Waals surface area contributed by atoms with Gasteiger partial charge in [-0.2, -0.15) is 0 Å². The standard InChI is InChI=1S/C13H27N3O/c1-3-16(4-2)12-5-6-15(8-12)7-11-9-17-10-13(11)14/h11-13H,3-10,14H2,1-2H3. The van der Waals surface area contributed by atoms with E-state index in [1.807, 2.05) is 0 Å². The Morgan fingerprint density at radius 1 is 1.29 bits per heavy atom. The summed E-state index contributed by atoms with van der Waals surface area (Å²) in [5, 5.41) is 0. The van der Waals surface area contributed by atoms with Gasteiger partial charge in [0.05, 0.1) is 13.2 Å². The highest BCUT2D eigenvalue weighted by atomic mass is 16.5. The minimum absolute atomic E-state index is 0.252. The number of hydrogen-bond donors (Lipinski definition) is 1. The molecule has 0 amide bonds. The van der Waals surface area contributed by atoms with Crippen molar-refractivity contribution in [3.8, 4) is 0 Å². The molecule has 3 unspecified atom stereocenters. The molecule has 0 aromatic heterocycles. The number of nitrogens with zero attached hydrogens (tertiary/aromatic N) is 2. The molecular weight excluding hydrogens is 214 g/mol. The number of likely N-dealkylation sites (N-methyl/N-ethyl adjacent to an activating group) is 1. The highest BCUT2D eigenvalue weighted by Gasteiger charge is 2.31. The fraction of sp³-hybridized carbons (Fsp3) is 1.00. The molecule has 2 saturated heterocycles. The first-order valence-corrected chi connectivity index (χ1v) is 7.04. The summed E-state index contributed by atoms with van der Waals surface area (Å²) in [7, 11) is 0. The topological polar surface area (TPSA) is 41.7 Å². The summed E-state index contributed by atoms with van der Waals surface area (Å²) in [5.41, 5.74) is 6.04. The quantitative estimate of drug-likeness (QED) is 0.755. The van der Waals surface area contributed by atoms with Crippen LogP contribution in [0.25, 0.3) is 0 Å². The smallest absolute Gasteiger partial charge is 0.0621 e. The van der Waals surface area contributed by atoms with Crippen molar-refractivity contribution in [2.24, 2.45) is 11.7 Å². The average Bonchev–Trinajstić information content (AvgIpc) is 2.92. The molecule has 4 heteroatoms. The molecule has 100 valence electrons. The molecular formula is C13H27N3O. The van der Waals surface area contributed by atoms with Crippen LogP contribution >= 0.6 is 0 Å². The van der Waals surface area contributed by atoms with E-state index in [0.717, 1.165) is 25.8 Å². The molecule has 0 spiro atoms. The Hall–Kier alpha value is -0.160. The lowest BCUT2D eigenvalue weighted by atomic mass is 10.0. The number of hydrogen-bond acceptors (Lipinski definition) is 4. The number of nitrogens with two attached hydrogens (primary N) is 1. The number of likely N-dealkylation sites (tertiary alicyclic amines) is 1. The van der Waals surface area contributed by atoms with Crippen LogP contribution in [0.2, 0.25) is 0 Å². The maximum absolute atomic E-state index is 6.04. The summed E-state index contributed by atoms with van der Waals surface area (Å²) in [6.45, 7) is 12.0. The zero-order chi connectivity index (χ0) is 12.3. The molecule has 0 aromatic carbocycles. The van der Waals surface area contributed by atoms with Crippen molar-refractivity contribution in [2.45, 2.75) is 32.4 Å². The van der Waals surface area contributed by atoms with Gasteiger partial charge in [-0.15, -0.1) is 0 Å². The van der Waals surface area contributed by atoms with Gasteiger partial charge in [-0.05, 0) is 26.1 Å². The molecule has 17 heavy (non-hydrogen) atoms. The van der Waals surface area contributed by atoms with Gasteiger partial charge in [-0.3, -0.25) is 4.90 Å². The van der Waals surface area contributed by atoms with Crippen LogP contribution in [0.15, 0.2) is 0 Å². The fourth-order valence-corrected chi connectivity index (χ4v) is 3.15. The normalized spacial score (nSPS) is 34.9. The van der Waals surface area contributed by atoms with Gasteiger partial charge in [0.1, 0.15) is 0 Å². The van der Waals surface area contributed by atoms with E-state index in [2.05, 4.69) is 23.6 Å². The molecule has 0 aliphatic carbocycles. The van der Waals surface area contributed by atoms with E-state index in [1.165, 1.54) is 32.6 Å². The molecule has 2 aliphatic rings. The van der Waals surface area contributed by atoms with Crippen LogP contribution < -0.4 is 5.73 Å². The second-order valence-corrected chi connectivity index (χ2v) is 5.38. The molecule has 2 heterocycles. The number of rotatable bonds is 5. The van der Waals surface area contributed by atoms with E-state index in [9.17, 15) is 0 Å². The van der Waals surface area contributed by atoms with Crippen molar-refractivity contribution in [3.05, 3.63) is 0 Å². The average molecular weight is 241 g/mol. The Morgan fingerprint density at radius 3 is 2.65 bits per heavy atom. The Balaban J connectivity index is 1.77. The molecule has 2 aliphatic heterocycles. The Morgan fingerprint density at radius 2 is 2.06 bits per heavy atom. The van der Waals surface area contributed by atoms with Crippen molar-refractivity contribution < 1.29 is 4.74 Å². The van der Waals surface area contributed by atoms with Crippen LogP contribution in [0.4, 0.5) is 0 Å². The maximum atomic E-state index is 6.04. The van der Waals surface area contributed by atoms with Crippen LogP contribution in [0.5, 0.6) is 0 Å². The van der Waals surface area contributed by atoms with Crippen molar-refractivity contribution >= 4 is 0 Å². The van der Waals surface area contributed by atoms with Gasteiger partial charge in [-0.25, -0.2) is 0 Å². The summed E-state index contributed by atoms with van der Waals surface area (Å²) in [6.07, 6.45) is 1.31. The molecule has 0 saturated carbocycles. The lowest BCUT2D eigenvalue weighted by Gasteiger charge is -2.27. The van der Waals surface area contributed by atoms with Gasteiger partial charge in [-0.1, -0.05) is 13.8 Å². The van der Waals surface area contributed by atoms with Gasteiger partial charge in [0.15, 0.2) is 0 Å². The second-order valence-electron chi connectivity index (χ2n) is 5.38. The predicted octanol–water partition coefficient (Wildman–Crippen LogP) is 0.376. The fourth-order valence-electron chi connectivity index (χ4n) is 3.15. The third kappa shape index (κ3) is 3.19. The summed E-state index contributed by atoms with van der Waals surface area (Å²) in [5.74, 6) is 0.547. The SMILES string of the molecule is CCN(CC)C1CCN(CC2COCC2N)C1. The van der Waals surface area contributed by atoms with E-state index >= 15 is 0 Å². The Kier molecular flexibility index (Phi) is 4.79. The third-order valence-corrected chi connectivity index (χ3v) is 4.32. The Bertz CT molecular complexity index is 233. The predicted molar refractivity (Wildman–Crippen MR) is 70.1 cm³/mol. The maximum Gasteiger partial charge on any atom is 0.0621 e. The molecule has 0 bridgehead atoms. The van der Waals surface area contributed by atoms with Crippen molar-refractivity contribution in [1.29, 1.82) is 0 Å². The molecule has 0 radical (unpaired) electrons. The summed E-state index contributed by atoms with van der Waals surface area (Å²) >= 11 is 0. The third-order valence-electron chi connectivity index (χ3n) is 4.32. The van der Waals surface area contributed by atoms with E-state index in [1.54, 1.807) is 0 Å². The first-order valence-electron chi connectivity index (χ1n) is 7.04. The molecule has 4 nitrogen and oxygen atoms in total. The molecule has 0 aromatic rings. The van der Waals surface area contributed by atoms with Crippen LogP contribution in [0.3, 0.4) is 0 Å². The van der Waals surface area contributed by atoms with Crippen LogP contribution in [0, 0.1) is 5.92 Å². The lowest BCUT2D eigenvalue weighted by Crippen LogP contribution is -2.40. The van der Waals surface area contributed by atoms with Crippen LogP contribution in [-0.2, 0) is 4.74 Å². The molecule has 2 N–H and O–H groups in total. The van der Waals surface area contributed by atoms with Crippen LogP contribution in [-0.4, -0.2) is 67.8 Å².